The zero-order valence-corrected chi connectivity index (χ0v) is 11.9. The van der Waals surface area contributed by atoms with Crippen molar-refractivity contribution in [3.8, 4) is 0 Å². The predicted molar refractivity (Wildman–Crippen MR) is 78.1 cm³/mol. The second-order valence-corrected chi connectivity index (χ2v) is 5.33. The normalized spacial score (nSPS) is 17.1. The van der Waals surface area contributed by atoms with Crippen LogP contribution in [0.2, 0.25) is 0 Å². The van der Waals surface area contributed by atoms with Crippen molar-refractivity contribution in [2.45, 2.75) is 12.8 Å². The van der Waals surface area contributed by atoms with Crippen molar-refractivity contribution < 1.29 is 9.18 Å². The van der Waals surface area contributed by atoms with Crippen LogP contribution in [0.1, 0.15) is 12.8 Å². The summed E-state index contributed by atoms with van der Waals surface area (Å²) < 4.78 is 12.8. The van der Waals surface area contributed by atoms with Gasteiger partial charge in [-0.05, 0) is 69.7 Å². The van der Waals surface area contributed by atoms with Crippen LogP contribution in [0.3, 0.4) is 0 Å². The number of carbonyl (C=O) groups excluding carboxylic acids is 1. The van der Waals surface area contributed by atoms with Crippen LogP contribution in [0.4, 0.5) is 10.1 Å². The number of likely N-dealkylation sites (tertiary alicyclic amines) is 1. The molecule has 5 heteroatoms. The second-order valence-electron chi connectivity index (χ2n) is 5.33. The Hall–Kier alpha value is -1.46. The highest BCUT2D eigenvalue weighted by molar-refractivity contribution is 5.92. The minimum Gasteiger partial charge on any atom is -0.325 e. The molecule has 0 unspecified atom stereocenters. The third-order valence-electron chi connectivity index (χ3n) is 3.70. The van der Waals surface area contributed by atoms with Gasteiger partial charge in [-0.15, -0.1) is 0 Å². The summed E-state index contributed by atoms with van der Waals surface area (Å²) in [4.78, 5) is 14.1. The molecule has 0 bridgehead atoms. The molecule has 1 aliphatic heterocycles. The maximum absolute atomic E-state index is 12.8. The van der Waals surface area contributed by atoms with E-state index < -0.39 is 0 Å². The first kappa shape index (κ1) is 14.9. The number of amides is 1. The Labute approximate surface area is 119 Å². The Morgan fingerprint density at radius 2 is 1.95 bits per heavy atom. The summed E-state index contributed by atoms with van der Waals surface area (Å²) in [5.74, 6) is 0.384. The van der Waals surface area contributed by atoms with Crippen LogP contribution in [0, 0.1) is 11.7 Å². The van der Waals surface area contributed by atoms with Crippen molar-refractivity contribution in [2.24, 2.45) is 5.92 Å². The number of anilines is 1. The van der Waals surface area contributed by atoms with Crippen molar-refractivity contribution in [3.63, 3.8) is 0 Å². The van der Waals surface area contributed by atoms with Gasteiger partial charge >= 0.3 is 0 Å². The quantitative estimate of drug-likeness (QED) is 0.862. The molecule has 0 spiro atoms. The lowest BCUT2D eigenvalue weighted by Crippen LogP contribution is -2.40. The van der Waals surface area contributed by atoms with E-state index in [0.717, 1.165) is 38.4 Å². The lowest BCUT2D eigenvalue weighted by molar-refractivity contribution is -0.117. The van der Waals surface area contributed by atoms with Gasteiger partial charge in [-0.2, -0.15) is 0 Å². The molecular formula is C15H22FN3O. The van der Waals surface area contributed by atoms with E-state index in [1.807, 2.05) is 7.05 Å². The molecule has 1 saturated heterocycles. The number of benzene rings is 1. The average Bonchev–Trinajstić information content (AvgIpc) is 2.44. The van der Waals surface area contributed by atoms with Gasteiger partial charge in [-0.25, -0.2) is 4.39 Å². The van der Waals surface area contributed by atoms with Crippen LogP contribution < -0.4 is 10.6 Å². The number of rotatable bonds is 5. The fourth-order valence-corrected chi connectivity index (χ4v) is 2.57. The average molecular weight is 279 g/mol. The van der Waals surface area contributed by atoms with Crippen molar-refractivity contribution in [2.75, 3.05) is 38.5 Å². The number of piperidine rings is 1. The lowest BCUT2D eigenvalue weighted by atomic mass is 9.97. The third kappa shape index (κ3) is 4.58. The molecule has 1 aromatic rings. The molecule has 1 aliphatic rings. The van der Waals surface area contributed by atoms with Gasteiger partial charge in [0.2, 0.25) is 5.91 Å². The molecule has 20 heavy (non-hydrogen) atoms. The highest BCUT2D eigenvalue weighted by atomic mass is 19.1. The zero-order chi connectivity index (χ0) is 14.4. The highest BCUT2D eigenvalue weighted by Crippen LogP contribution is 2.16. The Kier molecular flexibility index (Phi) is 5.49. The summed E-state index contributed by atoms with van der Waals surface area (Å²) >= 11 is 0. The molecule has 1 aromatic carbocycles. The fourth-order valence-electron chi connectivity index (χ4n) is 2.57. The molecule has 2 rings (SSSR count). The number of hydrogen-bond donors (Lipinski definition) is 2. The molecule has 2 N–H and O–H groups in total. The standard InChI is InChI=1S/C15H22FN3O/c1-17-10-12-6-8-19(9-7-12)11-15(20)18-14-4-2-13(16)3-5-14/h2-5,12,17H,6-11H2,1H3,(H,18,20). The molecule has 4 nitrogen and oxygen atoms in total. The van der Waals surface area contributed by atoms with Crippen LogP contribution in [0.25, 0.3) is 0 Å². The Morgan fingerprint density at radius 1 is 1.30 bits per heavy atom. The van der Waals surface area contributed by atoms with Crippen LogP contribution in [0.5, 0.6) is 0 Å². The SMILES string of the molecule is CNCC1CCN(CC(=O)Nc2ccc(F)cc2)CC1. The van der Waals surface area contributed by atoms with Gasteiger partial charge in [0.15, 0.2) is 0 Å². The second kappa shape index (κ2) is 7.36. The minimum absolute atomic E-state index is 0.0383. The summed E-state index contributed by atoms with van der Waals surface area (Å²) in [6.45, 7) is 3.38. The molecule has 0 saturated carbocycles. The van der Waals surface area contributed by atoms with Crippen LogP contribution in [-0.4, -0.2) is 44.0 Å². The summed E-state index contributed by atoms with van der Waals surface area (Å²) in [7, 11) is 1.97. The number of hydrogen-bond acceptors (Lipinski definition) is 3. The van der Waals surface area contributed by atoms with E-state index in [0.29, 0.717) is 12.2 Å². The topological polar surface area (TPSA) is 44.4 Å². The summed E-state index contributed by atoms with van der Waals surface area (Å²) in [5.41, 5.74) is 0.640. The summed E-state index contributed by atoms with van der Waals surface area (Å²) in [6.07, 6.45) is 2.26. The van der Waals surface area contributed by atoms with Crippen LogP contribution in [0.15, 0.2) is 24.3 Å². The van der Waals surface area contributed by atoms with Gasteiger partial charge in [0.05, 0.1) is 6.54 Å². The lowest BCUT2D eigenvalue weighted by Gasteiger charge is -2.31. The minimum atomic E-state index is -0.297. The monoisotopic (exact) mass is 279 g/mol. The number of nitrogens with zero attached hydrogens (tertiary/aromatic N) is 1. The number of nitrogens with one attached hydrogen (secondary N) is 2. The van der Waals surface area contributed by atoms with Gasteiger partial charge in [0.25, 0.3) is 0 Å². The van der Waals surface area contributed by atoms with E-state index in [1.165, 1.54) is 12.1 Å². The zero-order valence-electron chi connectivity index (χ0n) is 11.9. The summed E-state index contributed by atoms with van der Waals surface area (Å²) in [5, 5.41) is 5.99. The molecule has 1 amide bonds. The first-order valence-electron chi connectivity index (χ1n) is 7.10. The van der Waals surface area contributed by atoms with E-state index in [1.54, 1.807) is 12.1 Å². The van der Waals surface area contributed by atoms with Gasteiger partial charge in [-0.1, -0.05) is 0 Å². The van der Waals surface area contributed by atoms with Gasteiger partial charge in [0.1, 0.15) is 5.82 Å². The van der Waals surface area contributed by atoms with E-state index in [9.17, 15) is 9.18 Å². The molecule has 1 heterocycles. The first-order valence-corrected chi connectivity index (χ1v) is 7.10. The highest BCUT2D eigenvalue weighted by Gasteiger charge is 2.20. The Morgan fingerprint density at radius 3 is 2.55 bits per heavy atom. The molecule has 0 radical (unpaired) electrons. The predicted octanol–water partition coefficient (Wildman–Crippen LogP) is 1.70. The largest absolute Gasteiger partial charge is 0.325 e. The van der Waals surface area contributed by atoms with Crippen LogP contribution >= 0.6 is 0 Å². The Bertz CT molecular complexity index is 427. The van der Waals surface area contributed by atoms with Crippen molar-refractivity contribution in [1.82, 2.24) is 10.2 Å². The van der Waals surface area contributed by atoms with Crippen molar-refractivity contribution in [3.05, 3.63) is 30.1 Å². The smallest absolute Gasteiger partial charge is 0.238 e. The first-order chi connectivity index (χ1) is 9.67. The van der Waals surface area contributed by atoms with Gasteiger partial charge < -0.3 is 10.6 Å². The van der Waals surface area contributed by atoms with E-state index in [4.69, 9.17) is 0 Å². The van der Waals surface area contributed by atoms with Gasteiger partial charge in [-0.3, -0.25) is 9.69 Å². The number of carbonyl (C=O) groups is 1. The fraction of sp³-hybridized carbons (Fsp3) is 0.533. The molecule has 0 aliphatic carbocycles. The Balaban J connectivity index is 1.74. The van der Waals surface area contributed by atoms with Crippen LogP contribution in [-0.2, 0) is 4.79 Å². The molecule has 1 fully saturated rings. The van der Waals surface area contributed by atoms with E-state index >= 15 is 0 Å². The third-order valence-corrected chi connectivity index (χ3v) is 3.70. The van der Waals surface area contributed by atoms with Crippen molar-refractivity contribution >= 4 is 11.6 Å². The van der Waals surface area contributed by atoms with E-state index in [2.05, 4.69) is 15.5 Å². The molecule has 0 aromatic heterocycles. The maximum atomic E-state index is 12.8. The molecule has 0 atom stereocenters. The maximum Gasteiger partial charge on any atom is 0.238 e. The van der Waals surface area contributed by atoms with E-state index in [-0.39, 0.29) is 11.7 Å². The van der Waals surface area contributed by atoms with Crippen molar-refractivity contribution in [1.29, 1.82) is 0 Å². The van der Waals surface area contributed by atoms with Gasteiger partial charge in [0, 0.05) is 5.69 Å². The molecular weight excluding hydrogens is 257 g/mol. The molecule has 110 valence electrons. The summed E-state index contributed by atoms with van der Waals surface area (Å²) in [6, 6.07) is 5.84. The number of halogens is 1.